The Morgan fingerprint density at radius 1 is 1.43 bits per heavy atom. The monoisotopic (exact) mass is 568 g/mol. The molecule has 1 aromatic rings. The van der Waals surface area contributed by atoms with Crippen LogP contribution in [0.3, 0.4) is 0 Å². The van der Waals surface area contributed by atoms with Crippen molar-refractivity contribution in [1.29, 1.82) is 0 Å². The fraction of sp³-hybridized carbons (Fsp3) is 0.421. The second kappa shape index (κ2) is 11.0. The van der Waals surface area contributed by atoms with Crippen molar-refractivity contribution in [2.45, 2.75) is 24.6 Å². The fourth-order valence-electron chi connectivity index (χ4n) is 3.62. The Morgan fingerprint density at radius 2 is 2.19 bits per heavy atom. The van der Waals surface area contributed by atoms with E-state index in [1.54, 1.807) is 24.9 Å². The molecule has 18 heteroatoms. The number of carboxylic acids is 1. The molecule has 0 saturated carbocycles. The number of nitrogens with two attached hydrogens (primary N) is 3. The maximum atomic E-state index is 13.0. The Balaban J connectivity index is 1.49. The molecule has 3 aliphatic rings. The SMILES string of the molecule is CCO/N=C(\C(=O)N[C@@H]1C(=O)N2C(C(=O)[O-])=C(CSC3=CC(N)=[NH+]C(N)N3C)CS[C@H]12)c1nsc(N)n1. The van der Waals surface area contributed by atoms with Crippen molar-refractivity contribution >= 4 is 69.5 Å². The summed E-state index contributed by atoms with van der Waals surface area (Å²) in [4.78, 5) is 52.7. The number of nitrogens with one attached hydrogen (secondary N) is 2. The molecule has 3 aliphatic heterocycles. The van der Waals surface area contributed by atoms with Crippen molar-refractivity contribution in [3.63, 3.8) is 0 Å². The lowest BCUT2D eigenvalue weighted by molar-refractivity contribution is -0.530. The third-order valence-electron chi connectivity index (χ3n) is 5.43. The number of hydrogen-bond donors (Lipinski definition) is 5. The van der Waals surface area contributed by atoms with Gasteiger partial charge in [-0.05, 0) is 12.5 Å². The number of nitrogens with zero attached hydrogens (tertiary/aromatic N) is 5. The number of hydrogen-bond acceptors (Lipinski definition) is 15. The molecule has 15 nitrogen and oxygen atoms in total. The third kappa shape index (κ3) is 5.36. The second-order valence-electron chi connectivity index (χ2n) is 7.84. The highest BCUT2D eigenvalue weighted by molar-refractivity contribution is 8.03. The third-order valence-corrected chi connectivity index (χ3v) is 8.51. The van der Waals surface area contributed by atoms with E-state index in [1.165, 1.54) is 23.5 Å². The zero-order chi connectivity index (χ0) is 26.9. The predicted octanol–water partition coefficient (Wildman–Crippen LogP) is -4.54. The summed E-state index contributed by atoms with van der Waals surface area (Å²) in [6.45, 7) is 1.87. The number of rotatable bonds is 9. The number of carbonyl (C=O) groups excluding carboxylic acids is 3. The lowest BCUT2D eigenvalue weighted by Gasteiger charge is -2.50. The molecule has 4 rings (SSSR count). The number of aromatic nitrogens is 2. The number of nitrogen functional groups attached to an aromatic ring is 1. The number of carbonyl (C=O) groups is 3. The maximum Gasteiger partial charge on any atom is 0.278 e. The van der Waals surface area contributed by atoms with E-state index < -0.39 is 35.5 Å². The number of aliphatic carboxylic acids is 1. The van der Waals surface area contributed by atoms with Crippen molar-refractivity contribution in [2.24, 2.45) is 16.6 Å². The van der Waals surface area contributed by atoms with Crippen LogP contribution in [-0.4, -0.2) is 91.4 Å². The van der Waals surface area contributed by atoms with Gasteiger partial charge < -0.3 is 30.7 Å². The van der Waals surface area contributed by atoms with Gasteiger partial charge >= 0.3 is 0 Å². The quantitative estimate of drug-likeness (QED) is 0.107. The Labute approximate surface area is 223 Å². The molecule has 198 valence electrons. The average molecular weight is 569 g/mol. The van der Waals surface area contributed by atoms with E-state index in [4.69, 9.17) is 22.0 Å². The zero-order valence-electron chi connectivity index (χ0n) is 19.7. The van der Waals surface area contributed by atoms with Gasteiger partial charge in [-0.15, -0.1) is 23.5 Å². The summed E-state index contributed by atoms with van der Waals surface area (Å²) in [6.07, 6.45) is 1.17. The molecule has 0 aromatic carbocycles. The minimum absolute atomic E-state index is 0.0437. The first-order valence-corrected chi connectivity index (χ1v) is 13.6. The molecular formula is C19H24N10O5S3. The molecule has 0 aliphatic carbocycles. The topological polar surface area (TPSA) is 232 Å². The van der Waals surface area contributed by atoms with E-state index >= 15 is 0 Å². The molecular weight excluding hydrogens is 544 g/mol. The van der Waals surface area contributed by atoms with E-state index in [2.05, 4.69) is 24.8 Å². The van der Waals surface area contributed by atoms with Crippen molar-refractivity contribution < 1.29 is 29.3 Å². The number of amides is 2. The van der Waals surface area contributed by atoms with Crippen LogP contribution in [-0.2, 0) is 19.2 Å². The first-order chi connectivity index (χ1) is 17.6. The summed E-state index contributed by atoms with van der Waals surface area (Å²) in [5.74, 6) is -1.90. The van der Waals surface area contributed by atoms with E-state index in [9.17, 15) is 19.5 Å². The highest BCUT2D eigenvalue weighted by Crippen LogP contribution is 2.41. The summed E-state index contributed by atoms with van der Waals surface area (Å²) in [5.41, 5.74) is 17.5. The number of carboxylic acid groups (broad SMARTS) is 1. The van der Waals surface area contributed by atoms with Crippen LogP contribution in [0.5, 0.6) is 0 Å². The van der Waals surface area contributed by atoms with Crippen LogP contribution in [0.25, 0.3) is 0 Å². The van der Waals surface area contributed by atoms with Crippen molar-refractivity contribution in [3.05, 3.63) is 28.2 Å². The summed E-state index contributed by atoms with van der Waals surface area (Å²) in [5, 5.41) is 18.6. The van der Waals surface area contributed by atoms with Gasteiger partial charge in [-0.3, -0.25) is 26.0 Å². The van der Waals surface area contributed by atoms with Gasteiger partial charge in [0.05, 0.1) is 22.8 Å². The molecule has 1 aromatic heterocycles. The summed E-state index contributed by atoms with van der Waals surface area (Å²) >= 11 is 3.53. The molecule has 4 heterocycles. The van der Waals surface area contributed by atoms with Crippen LogP contribution in [0.4, 0.5) is 5.13 Å². The number of β-lactam (4-membered cyclic amide) rings is 1. The molecule has 8 N–H and O–H groups in total. The van der Waals surface area contributed by atoms with Gasteiger partial charge in [0.1, 0.15) is 18.0 Å². The van der Waals surface area contributed by atoms with Crippen LogP contribution in [0.15, 0.2) is 27.5 Å². The number of oxime groups is 1. The predicted molar refractivity (Wildman–Crippen MR) is 136 cm³/mol. The fourth-order valence-corrected chi connectivity index (χ4v) is 6.62. The van der Waals surface area contributed by atoms with Gasteiger partial charge in [0.25, 0.3) is 17.6 Å². The normalized spacial score (nSPS) is 23.7. The Hall–Kier alpha value is -3.35. The number of anilines is 1. The average Bonchev–Trinajstić information content (AvgIpc) is 3.28. The first-order valence-electron chi connectivity index (χ1n) is 10.8. The van der Waals surface area contributed by atoms with E-state index in [1.807, 2.05) is 0 Å². The Bertz CT molecular complexity index is 1240. The summed E-state index contributed by atoms with van der Waals surface area (Å²) in [6, 6.07) is -0.991. The van der Waals surface area contributed by atoms with Crippen molar-refractivity contribution in [3.8, 4) is 0 Å². The van der Waals surface area contributed by atoms with Crippen LogP contribution in [0.2, 0.25) is 0 Å². The number of thioether (sulfide) groups is 2. The van der Waals surface area contributed by atoms with E-state index in [0.29, 0.717) is 17.2 Å². The van der Waals surface area contributed by atoms with Crippen molar-refractivity contribution in [1.82, 2.24) is 24.5 Å². The van der Waals surface area contributed by atoms with E-state index in [0.717, 1.165) is 21.5 Å². The second-order valence-corrected chi connectivity index (χ2v) is 10.7. The summed E-state index contributed by atoms with van der Waals surface area (Å²) in [7, 11) is 1.77. The molecule has 1 unspecified atom stereocenters. The highest BCUT2D eigenvalue weighted by atomic mass is 32.2. The van der Waals surface area contributed by atoms with Gasteiger partial charge in [-0.1, -0.05) is 5.16 Å². The van der Waals surface area contributed by atoms with Crippen LogP contribution >= 0.6 is 35.1 Å². The van der Waals surface area contributed by atoms with Crippen LogP contribution < -0.4 is 32.6 Å². The minimum atomic E-state index is -1.48. The highest BCUT2D eigenvalue weighted by Gasteiger charge is 2.53. The van der Waals surface area contributed by atoms with Gasteiger partial charge in [-0.25, -0.2) is 4.99 Å². The minimum Gasteiger partial charge on any atom is -0.543 e. The van der Waals surface area contributed by atoms with Crippen LogP contribution in [0.1, 0.15) is 12.7 Å². The maximum absolute atomic E-state index is 13.0. The molecule has 0 spiro atoms. The lowest BCUT2D eigenvalue weighted by Crippen LogP contribution is -2.89. The molecule has 3 atom stereocenters. The lowest BCUT2D eigenvalue weighted by atomic mass is 10.0. The first kappa shape index (κ1) is 26.7. The Kier molecular flexibility index (Phi) is 7.90. The number of amidine groups is 1. The molecule has 37 heavy (non-hydrogen) atoms. The Morgan fingerprint density at radius 3 is 2.84 bits per heavy atom. The van der Waals surface area contributed by atoms with Gasteiger partial charge in [0.15, 0.2) is 5.13 Å². The largest absolute Gasteiger partial charge is 0.543 e. The molecule has 1 fully saturated rings. The van der Waals surface area contributed by atoms with Gasteiger partial charge in [-0.2, -0.15) is 9.36 Å². The van der Waals surface area contributed by atoms with Gasteiger partial charge in [0.2, 0.25) is 17.8 Å². The van der Waals surface area contributed by atoms with Crippen LogP contribution in [0, 0.1) is 0 Å². The molecule has 2 amide bonds. The molecule has 1 saturated heterocycles. The summed E-state index contributed by atoms with van der Waals surface area (Å²) < 4.78 is 3.97. The van der Waals surface area contributed by atoms with E-state index in [-0.39, 0.29) is 34.7 Å². The van der Waals surface area contributed by atoms with Crippen molar-refractivity contribution in [2.75, 3.05) is 30.9 Å². The molecule has 0 radical (unpaired) electrons. The molecule has 0 bridgehead atoms. The smallest absolute Gasteiger partial charge is 0.278 e. The number of fused-ring (bicyclic) bond motifs is 1. The standard InChI is InChI=1S/C19H24N10O5S3/c1-3-34-26-10(13-25-19(22)37-27-13)14(30)24-11-15(31)29-12(17(32)33)7(6-36-16(11)29)5-35-9-4-8(20)23-18(21)28(9)2/h4,11,16,18H,3,5-6,21H2,1-2H3,(H2,20,23)(H,24,30)(H,32,33)(H2,22,25,27)/b26-10-/t11-,16-,18?/m1/s1. The van der Waals surface area contributed by atoms with Gasteiger partial charge in [0, 0.05) is 30.1 Å². The zero-order valence-corrected chi connectivity index (χ0v) is 22.1.